The summed E-state index contributed by atoms with van der Waals surface area (Å²) >= 11 is 1.44. The van der Waals surface area contributed by atoms with Crippen LogP contribution >= 0.6 is 11.8 Å². The highest BCUT2D eigenvalue weighted by Crippen LogP contribution is 2.28. The highest BCUT2D eigenvalue weighted by atomic mass is 32.2. The van der Waals surface area contributed by atoms with E-state index in [1.165, 1.54) is 11.8 Å². The summed E-state index contributed by atoms with van der Waals surface area (Å²) in [5, 5.41) is 12.1. The molecule has 0 aliphatic rings. The lowest BCUT2D eigenvalue weighted by molar-refractivity contribution is 0.0694. The molecule has 0 radical (unpaired) electrons. The molecule has 1 aromatic rings. The molecule has 5 nitrogen and oxygen atoms in total. The van der Waals surface area contributed by atoms with Crippen LogP contribution in [0.25, 0.3) is 0 Å². The lowest BCUT2D eigenvalue weighted by Crippen LogP contribution is -2.16. The Balaban J connectivity index is 2.93. The second kappa shape index (κ2) is 6.81. The summed E-state index contributed by atoms with van der Waals surface area (Å²) < 4.78 is 22.1. The van der Waals surface area contributed by atoms with Crippen LogP contribution in [0.15, 0.2) is 23.1 Å². The van der Waals surface area contributed by atoms with Crippen molar-refractivity contribution >= 4 is 33.3 Å². The van der Waals surface area contributed by atoms with Crippen molar-refractivity contribution in [3.63, 3.8) is 0 Å². The van der Waals surface area contributed by atoms with Gasteiger partial charge in [-0.15, -0.1) is 11.8 Å². The van der Waals surface area contributed by atoms with Gasteiger partial charge in [0.1, 0.15) is 9.84 Å². The minimum atomic E-state index is -3.06. The van der Waals surface area contributed by atoms with Gasteiger partial charge < -0.3 is 10.4 Å². The van der Waals surface area contributed by atoms with E-state index < -0.39 is 15.8 Å². The van der Waals surface area contributed by atoms with Crippen LogP contribution in [-0.4, -0.2) is 43.8 Å². The van der Waals surface area contributed by atoms with E-state index in [1.807, 2.05) is 6.92 Å². The zero-order valence-corrected chi connectivity index (χ0v) is 12.5. The molecule has 1 rings (SSSR count). The molecule has 0 heterocycles. The second-order valence-corrected chi connectivity index (χ2v) is 7.54. The molecule has 0 bridgehead atoms. The van der Waals surface area contributed by atoms with Gasteiger partial charge in [0, 0.05) is 23.4 Å². The van der Waals surface area contributed by atoms with Gasteiger partial charge in [-0.3, -0.25) is 0 Å². The maximum Gasteiger partial charge on any atom is 0.338 e. The SMILES string of the molecule is CCSc1cccc(NCCS(C)(=O)=O)c1C(=O)O. The van der Waals surface area contributed by atoms with Gasteiger partial charge in [0.25, 0.3) is 0 Å². The summed E-state index contributed by atoms with van der Waals surface area (Å²) in [5.41, 5.74) is 0.650. The summed E-state index contributed by atoms with van der Waals surface area (Å²) in [6.45, 7) is 2.14. The Kier molecular flexibility index (Phi) is 5.68. The quantitative estimate of drug-likeness (QED) is 0.749. The summed E-state index contributed by atoms with van der Waals surface area (Å²) in [6.07, 6.45) is 1.15. The molecular formula is C12H17NO4S2. The van der Waals surface area contributed by atoms with E-state index in [1.54, 1.807) is 18.2 Å². The lowest BCUT2D eigenvalue weighted by atomic mass is 10.2. The Labute approximate surface area is 117 Å². The maximum atomic E-state index is 11.3. The number of hydrogen-bond donors (Lipinski definition) is 2. The van der Waals surface area contributed by atoms with Gasteiger partial charge in [-0.1, -0.05) is 13.0 Å². The van der Waals surface area contributed by atoms with E-state index in [0.29, 0.717) is 10.6 Å². The Morgan fingerprint density at radius 3 is 2.63 bits per heavy atom. The van der Waals surface area contributed by atoms with E-state index in [9.17, 15) is 18.3 Å². The van der Waals surface area contributed by atoms with Crippen molar-refractivity contribution < 1.29 is 18.3 Å². The maximum absolute atomic E-state index is 11.3. The van der Waals surface area contributed by atoms with E-state index >= 15 is 0 Å². The number of aromatic carboxylic acids is 1. The summed E-state index contributed by atoms with van der Waals surface area (Å²) in [4.78, 5) is 12.0. The van der Waals surface area contributed by atoms with E-state index in [0.717, 1.165) is 12.0 Å². The third-order valence-electron chi connectivity index (χ3n) is 2.33. The van der Waals surface area contributed by atoms with Gasteiger partial charge >= 0.3 is 5.97 Å². The Morgan fingerprint density at radius 2 is 2.11 bits per heavy atom. The van der Waals surface area contributed by atoms with Crippen LogP contribution < -0.4 is 5.32 Å². The first-order chi connectivity index (χ1) is 8.85. The van der Waals surface area contributed by atoms with Gasteiger partial charge in [-0.2, -0.15) is 0 Å². The van der Waals surface area contributed by atoms with Gasteiger partial charge in [0.05, 0.1) is 11.3 Å². The molecular weight excluding hydrogens is 286 g/mol. The molecule has 2 N–H and O–H groups in total. The number of carboxylic acid groups (broad SMARTS) is 1. The zero-order chi connectivity index (χ0) is 14.5. The van der Waals surface area contributed by atoms with Crippen LogP contribution in [0.5, 0.6) is 0 Å². The Morgan fingerprint density at radius 1 is 1.42 bits per heavy atom. The fraction of sp³-hybridized carbons (Fsp3) is 0.417. The fourth-order valence-corrected chi connectivity index (χ4v) is 2.85. The first-order valence-corrected chi connectivity index (χ1v) is 8.80. The summed E-state index contributed by atoms with van der Waals surface area (Å²) in [7, 11) is -3.06. The van der Waals surface area contributed by atoms with Gasteiger partial charge in [0.15, 0.2) is 0 Å². The molecule has 0 unspecified atom stereocenters. The molecule has 0 aliphatic carbocycles. The van der Waals surface area contributed by atoms with Crippen molar-refractivity contribution in [1.82, 2.24) is 0 Å². The first-order valence-electron chi connectivity index (χ1n) is 5.76. The van der Waals surface area contributed by atoms with Gasteiger partial charge in [-0.05, 0) is 17.9 Å². The molecule has 0 saturated heterocycles. The molecule has 0 atom stereocenters. The number of hydrogen-bond acceptors (Lipinski definition) is 5. The predicted octanol–water partition coefficient (Wildman–Crippen LogP) is 1.95. The molecule has 0 fully saturated rings. The van der Waals surface area contributed by atoms with Crippen molar-refractivity contribution in [3.8, 4) is 0 Å². The Hall–Kier alpha value is -1.21. The molecule has 106 valence electrons. The monoisotopic (exact) mass is 303 g/mol. The van der Waals surface area contributed by atoms with Crippen molar-refractivity contribution in [2.75, 3.05) is 29.6 Å². The average molecular weight is 303 g/mol. The summed E-state index contributed by atoms with van der Waals surface area (Å²) in [6, 6.07) is 5.15. The average Bonchev–Trinajstić information content (AvgIpc) is 2.27. The smallest absolute Gasteiger partial charge is 0.338 e. The van der Waals surface area contributed by atoms with Crippen molar-refractivity contribution in [1.29, 1.82) is 0 Å². The normalized spacial score (nSPS) is 11.3. The number of benzene rings is 1. The van der Waals surface area contributed by atoms with Gasteiger partial charge in [0.2, 0.25) is 0 Å². The predicted molar refractivity (Wildman–Crippen MR) is 78.0 cm³/mol. The zero-order valence-electron chi connectivity index (χ0n) is 10.8. The summed E-state index contributed by atoms with van der Waals surface area (Å²) in [5.74, 6) is -0.275. The number of nitrogens with one attached hydrogen (secondary N) is 1. The molecule has 0 saturated carbocycles. The second-order valence-electron chi connectivity index (χ2n) is 3.97. The number of rotatable bonds is 7. The van der Waals surface area contributed by atoms with E-state index in [4.69, 9.17) is 0 Å². The largest absolute Gasteiger partial charge is 0.478 e. The Bertz CT molecular complexity index is 555. The molecule has 0 aliphatic heterocycles. The minimum absolute atomic E-state index is 0.0305. The topological polar surface area (TPSA) is 83.5 Å². The number of carbonyl (C=O) groups is 1. The number of anilines is 1. The molecule has 0 amide bonds. The highest BCUT2D eigenvalue weighted by molar-refractivity contribution is 7.99. The minimum Gasteiger partial charge on any atom is -0.478 e. The lowest BCUT2D eigenvalue weighted by Gasteiger charge is -2.12. The van der Waals surface area contributed by atoms with E-state index in [2.05, 4.69) is 5.32 Å². The molecule has 0 aromatic heterocycles. The highest BCUT2D eigenvalue weighted by Gasteiger charge is 2.15. The van der Waals surface area contributed by atoms with Crippen LogP contribution in [-0.2, 0) is 9.84 Å². The number of carboxylic acids is 1. The van der Waals surface area contributed by atoms with Gasteiger partial charge in [-0.25, -0.2) is 13.2 Å². The van der Waals surface area contributed by atoms with Crippen molar-refractivity contribution in [2.24, 2.45) is 0 Å². The van der Waals surface area contributed by atoms with Crippen LogP contribution in [0, 0.1) is 0 Å². The molecule has 0 spiro atoms. The number of thioether (sulfide) groups is 1. The standard InChI is InChI=1S/C12H17NO4S2/c1-3-18-10-6-4-5-9(11(10)12(14)15)13-7-8-19(2,16)17/h4-6,13H,3,7-8H2,1-2H3,(H,14,15). The molecule has 1 aromatic carbocycles. The third-order valence-corrected chi connectivity index (χ3v) is 4.21. The van der Waals surface area contributed by atoms with Crippen LogP contribution in [0.3, 0.4) is 0 Å². The molecule has 19 heavy (non-hydrogen) atoms. The third kappa shape index (κ3) is 5.12. The van der Waals surface area contributed by atoms with Crippen LogP contribution in [0.4, 0.5) is 5.69 Å². The van der Waals surface area contributed by atoms with Crippen molar-refractivity contribution in [2.45, 2.75) is 11.8 Å². The van der Waals surface area contributed by atoms with Crippen LogP contribution in [0.1, 0.15) is 17.3 Å². The first kappa shape index (κ1) is 15.8. The van der Waals surface area contributed by atoms with Crippen molar-refractivity contribution in [3.05, 3.63) is 23.8 Å². The fourth-order valence-electron chi connectivity index (χ4n) is 1.55. The molecule has 7 heteroatoms. The number of sulfone groups is 1. The van der Waals surface area contributed by atoms with E-state index in [-0.39, 0.29) is 17.9 Å². The van der Waals surface area contributed by atoms with Crippen LogP contribution in [0.2, 0.25) is 0 Å².